The van der Waals surface area contributed by atoms with Gasteiger partial charge < -0.3 is 10.6 Å². The maximum atomic E-state index is 6.22. The average Bonchev–Trinajstić information content (AvgIpc) is 2.77. The molecule has 96 valence electrons. The molecule has 0 aliphatic carbocycles. The van der Waals surface area contributed by atoms with Crippen molar-refractivity contribution in [2.75, 3.05) is 24.7 Å². The van der Waals surface area contributed by atoms with Gasteiger partial charge in [0, 0.05) is 25.9 Å². The van der Waals surface area contributed by atoms with Crippen LogP contribution in [0.15, 0.2) is 48.7 Å². The fourth-order valence-corrected chi connectivity index (χ4v) is 2.12. The van der Waals surface area contributed by atoms with Gasteiger partial charge in [-0.2, -0.15) is 0 Å². The zero-order valence-electron chi connectivity index (χ0n) is 11.0. The minimum Gasteiger partial charge on any atom is -0.383 e. The molecule has 0 saturated heterocycles. The molecule has 0 aliphatic rings. The van der Waals surface area contributed by atoms with Crippen LogP contribution in [0.5, 0.6) is 0 Å². The maximum absolute atomic E-state index is 6.22. The van der Waals surface area contributed by atoms with Gasteiger partial charge in [0.05, 0.1) is 5.69 Å². The summed E-state index contributed by atoms with van der Waals surface area (Å²) in [7, 11) is 4.01. The highest BCUT2D eigenvalue weighted by atomic mass is 15.1. The third kappa shape index (κ3) is 1.91. The first-order valence-electron chi connectivity index (χ1n) is 6.17. The van der Waals surface area contributed by atoms with E-state index in [0.717, 1.165) is 22.6 Å². The molecule has 3 rings (SSSR count). The molecule has 2 aromatic heterocycles. The number of fused-ring (bicyclic) bond motifs is 1. The van der Waals surface area contributed by atoms with E-state index in [1.54, 1.807) is 0 Å². The standard InChI is InChI=1S/C15H16N4/c1-18(2)12-8-9-13-17-14(15(16)19(13)10-12)11-6-4-3-5-7-11/h3-10H,16H2,1-2H3. The number of aromatic nitrogens is 2. The van der Waals surface area contributed by atoms with Crippen LogP contribution in [0.2, 0.25) is 0 Å². The molecule has 2 N–H and O–H groups in total. The molecule has 0 unspecified atom stereocenters. The molecule has 0 fully saturated rings. The van der Waals surface area contributed by atoms with Gasteiger partial charge in [-0.05, 0) is 12.1 Å². The van der Waals surface area contributed by atoms with E-state index in [1.165, 1.54) is 0 Å². The second-order valence-electron chi connectivity index (χ2n) is 4.72. The molecule has 0 aliphatic heterocycles. The molecule has 19 heavy (non-hydrogen) atoms. The van der Waals surface area contributed by atoms with Crippen LogP contribution in [0, 0.1) is 0 Å². The molecule has 1 aromatic carbocycles. The lowest BCUT2D eigenvalue weighted by Crippen LogP contribution is -2.09. The molecular weight excluding hydrogens is 236 g/mol. The minimum absolute atomic E-state index is 0.671. The zero-order valence-corrected chi connectivity index (χ0v) is 11.0. The third-order valence-corrected chi connectivity index (χ3v) is 3.20. The van der Waals surface area contributed by atoms with Crippen molar-refractivity contribution in [3.8, 4) is 11.3 Å². The lowest BCUT2D eigenvalue weighted by Gasteiger charge is -2.12. The molecular formula is C15H16N4. The van der Waals surface area contributed by atoms with E-state index in [4.69, 9.17) is 5.73 Å². The highest BCUT2D eigenvalue weighted by Gasteiger charge is 2.11. The molecule has 4 nitrogen and oxygen atoms in total. The molecule has 3 aromatic rings. The summed E-state index contributed by atoms with van der Waals surface area (Å²) in [6.07, 6.45) is 2.00. The number of nitrogens with two attached hydrogens (primary N) is 1. The van der Waals surface area contributed by atoms with E-state index in [2.05, 4.69) is 4.98 Å². The lowest BCUT2D eigenvalue weighted by atomic mass is 10.1. The van der Waals surface area contributed by atoms with Gasteiger partial charge in [-0.15, -0.1) is 0 Å². The summed E-state index contributed by atoms with van der Waals surface area (Å²) >= 11 is 0. The summed E-state index contributed by atoms with van der Waals surface area (Å²) in [5.41, 5.74) is 10.0. The summed E-state index contributed by atoms with van der Waals surface area (Å²) in [5, 5.41) is 0. The predicted octanol–water partition coefficient (Wildman–Crippen LogP) is 2.65. The summed E-state index contributed by atoms with van der Waals surface area (Å²) in [4.78, 5) is 6.65. The number of imidazole rings is 1. The van der Waals surface area contributed by atoms with Crippen LogP contribution in [0.1, 0.15) is 0 Å². The predicted molar refractivity (Wildman–Crippen MR) is 79.4 cm³/mol. The van der Waals surface area contributed by atoms with Crippen LogP contribution in [0.3, 0.4) is 0 Å². The van der Waals surface area contributed by atoms with Gasteiger partial charge in [0.15, 0.2) is 0 Å². The Labute approximate surface area is 112 Å². The Balaban J connectivity index is 2.21. The Morgan fingerprint density at radius 2 is 1.79 bits per heavy atom. The van der Waals surface area contributed by atoms with Crippen molar-refractivity contribution in [3.63, 3.8) is 0 Å². The van der Waals surface area contributed by atoms with E-state index in [1.807, 2.05) is 72.1 Å². The number of nitrogens with zero attached hydrogens (tertiary/aromatic N) is 3. The summed E-state index contributed by atoms with van der Waals surface area (Å²) < 4.78 is 1.93. The second-order valence-corrected chi connectivity index (χ2v) is 4.72. The van der Waals surface area contributed by atoms with Crippen molar-refractivity contribution >= 4 is 17.2 Å². The smallest absolute Gasteiger partial charge is 0.139 e. The SMILES string of the molecule is CN(C)c1ccc2nc(-c3ccccc3)c(N)n2c1. The van der Waals surface area contributed by atoms with Gasteiger partial charge >= 0.3 is 0 Å². The van der Waals surface area contributed by atoms with Crippen molar-refractivity contribution in [2.24, 2.45) is 0 Å². The number of hydrogen-bond acceptors (Lipinski definition) is 3. The minimum atomic E-state index is 0.671. The topological polar surface area (TPSA) is 46.6 Å². The van der Waals surface area contributed by atoms with Crippen molar-refractivity contribution in [1.29, 1.82) is 0 Å². The molecule has 0 bridgehead atoms. The molecule has 0 spiro atoms. The van der Waals surface area contributed by atoms with E-state index in [-0.39, 0.29) is 0 Å². The summed E-state index contributed by atoms with van der Waals surface area (Å²) in [6, 6.07) is 14.0. The fraction of sp³-hybridized carbons (Fsp3) is 0.133. The van der Waals surface area contributed by atoms with Crippen molar-refractivity contribution in [1.82, 2.24) is 9.38 Å². The largest absolute Gasteiger partial charge is 0.383 e. The van der Waals surface area contributed by atoms with Crippen molar-refractivity contribution in [3.05, 3.63) is 48.7 Å². The molecule has 0 radical (unpaired) electrons. The Hall–Kier alpha value is -2.49. The molecule has 0 saturated carbocycles. The van der Waals surface area contributed by atoms with E-state index in [9.17, 15) is 0 Å². The number of benzene rings is 1. The zero-order chi connectivity index (χ0) is 13.4. The number of pyridine rings is 1. The summed E-state index contributed by atoms with van der Waals surface area (Å²) in [6.45, 7) is 0. The fourth-order valence-electron chi connectivity index (χ4n) is 2.12. The summed E-state index contributed by atoms with van der Waals surface area (Å²) in [5.74, 6) is 0.671. The highest BCUT2D eigenvalue weighted by molar-refractivity contribution is 5.75. The first-order chi connectivity index (χ1) is 9.16. The van der Waals surface area contributed by atoms with Crippen molar-refractivity contribution < 1.29 is 0 Å². The Morgan fingerprint density at radius 1 is 1.05 bits per heavy atom. The monoisotopic (exact) mass is 252 g/mol. The van der Waals surface area contributed by atoms with Crippen LogP contribution < -0.4 is 10.6 Å². The van der Waals surface area contributed by atoms with Crippen LogP contribution in [0.4, 0.5) is 11.5 Å². The van der Waals surface area contributed by atoms with Gasteiger partial charge in [-0.1, -0.05) is 30.3 Å². The van der Waals surface area contributed by atoms with Gasteiger partial charge in [-0.3, -0.25) is 4.40 Å². The first kappa shape index (κ1) is 11.6. The quantitative estimate of drug-likeness (QED) is 0.762. The second kappa shape index (κ2) is 4.31. The van der Waals surface area contributed by atoms with Crippen LogP contribution in [0.25, 0.3) is 16.9 Å². The van der Waals surface area contributed by atoms with Crippen LogP contribution >= 0.6 is 0 Å². The van der Waals surface area contributed by atoms with Gasteiger partial charge in [-0.25, -0.2) is 4.98 Å². The molecule has 2 heterocycles. The average molecular weight is 252 g/mol. The Morgan fingerprint density at radius 3 is 2.47 bits per heavy atom. The van der Waals surface area contributed by atoms with E-state index in [0.29, 0.717) is 5.82 Å². The number of rotatable bonds is 2. The number of anilines is 2. The van der Waals surface area contributed by atoms with Crippen molar-refractivity contribution in [2.45, 2.75) is 0 Å². The van der Waals surface area contributed by atoms with Gasteiger partial charge in [0.1, 0.15) is 17.2 Å². The molecule has 0 atom stereocenters. The Kier molecular flexibility index (Phi) is 2.63. The highest BCUT2D eigenvalue weighted by Crippen LogP contribution is 2.27. The number of nitrogen functional groups attached to an aromatic ring is 1. The van der Waals surface area contributed by atoms with Crippen LogP contribution in [-0.4, -0.2) is 23.5 Å². The lowest BCUT2D eigenvalue weighted by molar-refractivity contribution is 1.09. The normalized spacial score (nSPS) is 10.8. The Bertz CT molecular complexity index is 714. The third-order valence-electron chi connectivity index (χ3n) is 3.20. The number of hydrogen-bond donors (Lipinski definition) is 1. The van der Waals surface area contributed by atoms with E-state index >= 15 is 0 Å². The van der Waals surface area contributed by atoms with E-state index < -0.39 is 0 Å². The molecule has 4 heteroatoms. The van der Waals surface area contributed by atoms with Gasteiger partial charge in [0.2, 0.25) is 0 Å². The first-order valence-corrected chi connectivity index (χ1v) is 6.17. The van der Waals surface area contributed by atoms with Crippen LogP contribution in [-0.2, 0) is 0 Å². The molecule has 0 amide bonds. The maximum Gasteiger partial charge on any atom is 0.139 e. The van der Waals surface area contributed by atoms with Gasteiger partial charge in [0.25, 0.3) is 0 Å².